The second kappa shape index (κ2) is 6.32. The lowest BCUT2D eigenvalue weighted by molar-refractivity contribution is 0.162. The maximum atomic E-state index is 13.5. The number of piperidine rings is 1. The Bertz CT molecular complexity index is 494. The van der Waals surface area contributed by atoms with Gasteiger partial charge in [0.15, 0.2) is 0 Å². The van der Waals surface area contributed by atoms with Crippen molar-refractivity contribution in [3.8, 4) is 5.75 Å². The van der Waals surface area contributed by atoms with Crippen LogP contribution in [-0.4, -0.2) is 37.2 Å². The topological polar surface area (TPSA) is 24.5 Å². The summed E-state index contributed by atoms with van der Waals surface area (Å²) in [5.74, 6) is 0.555. The van der Waals surface area contributed by atoms with Crippen LogP contribution in [0.1, 0.15) is 44.2 Å². The van der Waals surface area contributed by atoms with E-state index in [1.54, 1.807) is 19.2 Å². The van der Waals surface area contributed by atoms with Gasteiger partial charge in [-0.3, -0.25) is 0 Å². The quantitative estimate of drug-likeness (QED) is 0.923. The first-order chi connectivity index (χ1) is 10.2. The summed E-state index contributed by atoms with van der Waals surface area (Å²) in [6.45, 7) is 4.55. The van der Waals surface area contributed by atoms with Crippen molar-refractivity contribution in [2.75, 3.05) is 20.2 Å². The minimum atomic E-state index is -0.204. The first kappa shape index (κ1) is 14.8. The van der Waals surface area contributed by atoms with E-state index in [2.05, 4.69) is 17.1 Å². The number of rotatable bonds is 4. The highest BCUT2D eigenvalue weighted by Gasteiger charge is 2.32. The van der Waals surface area contributed by atoms with E-state index in [1.165, 1.54) is 44.8 Å². The zero-order valence-electron chi connectivity index (χ0n) is 12.9. The average Bonchev–Trinajstić information content (AvgIpc) is 2.94. The Balaban J connectivity index is 1.66. The van der Waals surface area contributed by atoms with Crippen molar-refractivity contribution >= 4 is 0 Å². The molecule has 0 radical (unpaired) electrons. The molecule has 0 aliphatic carbocycles. The summed E-state index contributed by atoms with van der Waals surface area (Å²) in [4.78, 5) is 2.62. The fourth-order valence-electron chi connectivity index (χ4n) is 3.86. The summed E-state index contributed by atoms with van der Waals surface area (Å²) in [7, 11) is 1.64. The first-order valence-electron chi connectivity index (χ1n) is 8.01. The van der Waals surface area contributed by atoms with Gasteiger partial charge in [0.25, 0.3) is 0 Å². The molecule has 2 fully saturated rings. The summed E-state index contributed by atoms with van der Waals surface area (Å²) in [6, 6.07) is 6.12. The zero-order valence-corrected chi connectivity index (χ0v) is 12.9. The third-order valence-corrected chi connectivity index (χ3v) is 4.96. The standard InChI is InChI=1S/C17H25FN2O/c1-12(16-10-13(18)5-6-17(16)21-2)19-14-7-9-20-8-3-4-15(20)11-14/h5-6,10,12,14-15,19H,3-4,7-9,11H2,1-2H3. The van der Waals surface area contributed by atoms with Crippen molar-refractivity contribution in [3.63, 3.8) is 0 Å². The Morgan fingerprint density at radius 1 is 1.33 bits per heavy atom. The van der Waals surface area contributed by atoms with E-state index >= 15 is 0 Å². The molecule has 0 amide bonds. The molecule has 3 nitrogen and oxygen atoms in total. The molecule has 0 saturated carbocycles. The second-order valence-electron chi connectivity index (χ2n) is 6.33. The van der Waals surface area contributed by atoms with Crippen molar-refractivity contribution in [1.29, 1.82) is 0 Å². The normalized spacial score (nSPS) is 27.4. The van der Waals surface area contributed by atoms with Gasteiger partial charge >= 0.3 is 0 Å². The van der Waals surface area contributed by atoms with Crippen molar-refractivity contribution in [3.05, 3.63) is 29.6 Å². The van der Waals surface area contributed by atoms with Crippen molar-refractivity contribution in [2.24, 2.45) is 0 Å². The van der Waals surface area contributed by atoms with Crippen LogP contribution in [0, 0.1) is 5.82 Å². The van der Waals surface area contributed by atoms with Gasteiger partial charge in [0.2, 0.25) is 0 Å². The minimum Gasteiger partial charge on any atom is -0.496 e. The summed E-state index contributed by atoms with van der Waals surface area (Å²) in [6.07, 6.45) is 5.06. The van der Waals surface area contributed by atoms with Gasteiger partial charge in [-0.1, -0.05) is 0 Å². The summed E-state index contributed by atoms with van der Waals surface area (Å²) in [5, 5.41) is 3.68. The van der Waals surface area contributed by atoms with Crippen LogP contribution in [0.3, 0.4) is 0 Å². The highest BCUT2D eigenvalue weighted by atomic mass is 19.1. The molecule has 3 atom stereocenters. The number of benzene rings is 1. The smallest absolute Gasteiger partial charge is 0.123 e. The molecule has 1 N–H and O–H groups in total. The Morgan fingerprint density at radius 2 is 2.19 bits per heavy atom. The number of halogens is 1. The van der Waals surface area contributed by atoms with Gasteiger partial charge < -0.3 is 15.0 Å². The van der Waals surface area contributed by atoms with E-state index in [-0.39, 0.29) is 11.9 Å². The van der Waals surface area contributed by atoms with Crippen LogP contribution in [0.15, 0.2) is 18.2 Å². The molecule has 0 bridgehead atoms. The Labute approximate surface area is 126 Å². The Morgan fingerprint density at radius 3 is 3.00 bits per heavy atom. The molecule has 2 heterocycles. The van der Waals surface area contributed by atoms with E-state index in [0.717, 1.165) is 17.4 Å². The van der Waals surface area contributed by atoms with E-state index < -0.39 is 0 Å². The fourth-order valence-corrected chi connectivity index (χ4v) is 3.86. The molecular weight excluding hydrogens is 267 g/mol. The van der Waals surface area contributed by atoms with Gasteiger partial charge in [-0.05, 0) is 63.9 Å². The number of ether oxygens (including phenoxy) is 1. The molecule has 2 saturated heterocycles. The third-order valence-electron chi connectivity index (χ3n) is 4.96. The van der Waals surface area contributed by atoms with Gasteiger partial charge in [-0.15, -0.1) is 0 Å². The fraction of sp³-hybridized carbons (Fsp3) is 0.647. The first-order valence-corrected chi connectivity index (χ1v) is 8.01. The number of fused-ring (bicyclic) bond motifs is 1. The van der Waals surface area contributed by atoms with Gasteiger partial charge in [-0.25, -0.2) is 4.39 Å². The van der Waals surface area contributed by atoms with Crippen molar-refractivity contribution < 1.29 is 9.13 Å². The van der Waals surface area contributed by atoms with Crippen LogP contribution in [0.4, 0.5) is 4.39 Å². The molecule has 1 aromatic rings. The predicted molar refractivity (Wildman–Crippen MR) is 82.1 cm³/mol. The lowest BCUT2D eigenvalue weighted by Gasteiger charge is -2.36. The number of nitrogens with one attached hydrogen (secondary N) is 1. The monoisotopic (exact) mass is 292 g/mol. The van der Waals surface area contributed by atoms with Crippen LogP contribution >= 0.6 is 0 Å². The summed E-state index contributed by atoms with van der Waals surface area (Å²) >= 11 is 0. The maximum absolute atomic E-state index is 13.5. The van der Waals surface area contributed by atoms with Gasteiger partial charge in [0.1, 0.15) is 11.6 Å². The zero-order chi connectivity index (χ0) is 14.8. The van der Waals surface area contributed by atoms with Crippen molar-refractivity contribution in [2.45, 2.75) is 50.7 Å². The van der Waals surface area contributed by atoms with Crippen LogP contribution in [0.5, 0.6) is 5.75 Å². The van der Waals surface area contributed by atoms with E-state index in [0.29, 0.717) is 6.04 Å². The predicted octanol–water partition coefficient (Wildman–Crippen LogP) is 3.11. The van der Waals surface area contributed by atoms with E-state index in [1.807, 2.05) is 0 Å². The molecule has 3 unspecified atom stereocenters. The highest BCUT2D eigenvalue weighted by Crippen LogP contribution is 2.30. The molecule has 21 heavy (non-hydrogen) atoms. The minimum absolute atomic E-state index is 0.105. The molecule has 0 spiro atoms. The van der Waals surface area contributed by atoms with Crippen molar-refractivity contribution in [1.82, 2.24) is 10.2 Å². The van der Waals surface area contributed by atoms with Crippen LogP contribution in [0.2, 0.25) is 0 Å². The lowest BCUT2D eigenvalue weighted by Crippen LogP contribution is -2.46. The Kier molecular flexibility index (Phi) is 4.45. The van der Waals surface area contributed by atoms with Gasteiger partial charge in [-0.2, -0.15) is 0 Å². The number of nitrogens with zero attached hydrogens (tertiary/aromatic N) is 1. The molecular formula is C17H25FN2O. The molecule has 2 aliphatic heterocycles. The molecule has 1 aromatic carbocycles. The SMILES string of the molecule is COc1ccc(F)cc1C(C)NC1CCN2CCCC2C1. The van der Waals surface area contributed by atoms with Crippen LogP contribution in [-0.2, 0) is 0 Å². The molecule has 116 valence electrons. The number of hydrogen-bond donors (Lipinski definition) is 1. The van der Waals surface area contributed by atoms with E-state index in [9.17, 15) is 4.39 Å². The maximum Gasteiger partial charge on any atom is 0.123 e. The average molecular weight is 292 g/mol. The van der Waals surface area contributed by atoms with Gasteiger partial charge in [0.05, 0.1) is 7.11 Å². The van der Waals surface area contributed by atoms with E-state index in [4.69, 9.17) is 4.74 Å². The van der Waals surface area contributed by atoms with Crippen LogP contribution in [0.25, 0.3) is 0 Å². The molecule has 4 heteroatoms. The molecule has 3 rings (SSSR count). The van der Waals surface area contributed by atoms with Crippen LogP contribution < -0.4 is 10.1 Å². The highest BCUT2D eigenvalue weighted by molar-refractivity contribution is 5.36. The van der Waals surface area contributed by atoms with Gasteiger partial charge in [0, 0.05) is 23.7 Å². The molecule has 2 aliphatic rings. The summed E-state index contributed by atoms with van der Waals surface area (Å²) < 4.78 is 18.9. The number of hydrogen-bond acceptors (Lipinski definition) is 3. The third kappa shape index (κ3) is 3.22. The largest absolute Gasteiger partial charge is 0.496 e. The number of methoxy groups -OCH3 is 1. The Hall–Kier alpha value is -1.13. The lowest BCUT2D eigenvalue weighted by atomic mass is 9.96. The molecule has 0 aromatic heterocycles. The second-order valence-corrected chi connectivity index (χ2v) is 6.33. The summed E-state index contributed by atoms with van der Waals surface area (Å²) in [5.41, 5.74) is 0.909.